The predicted molar refractivity (Wildman–Crippen MR) is 78.4 cm³/mol. The molecule has 6 nitrogen and oxygen atoms in total. The summed E-state index contributed by atoms with van der Waals surface area (Å²) in [5, 5.41) is 13.2. The molecular weight excluding hydrogens is 278 g/mol. The number of halogens is 1. The zero-order chi connectivity index (χ0) is 14.1. The van der Waals surface area contributed by atoms with Crippen LogP contribution in [0.2, 0.25) is 5.02 Å². The summed E-state index contributed by atoms with van der Waals surface area (Å²) in [5.74, 6) is 1.47. The number of rotatable bonds is 4. The lowest BCUT2D eigenvalue weighted by Gasteiger charge is -2.10. The number of hydrogen-bond donors (Lipinski definition) is 1. The second kappa shape index (κ2) is 5.22. The van der Waals surface area contributed by atoms with E-state index in [1.807, 2.05) is 29.5 Å². The van der Waals surface area contributed by atoms with Crippen LogP contribution in [0.1, 0.15) is 5.82 Å². The Balaban J connectivity index is 2.21. The van der Waals surface area contributed by atoms with E-state index in [1.165, 1.54) is 0 Å². The first-order chi connectivity index (χ1) is 9.70. The number of aromatic nitrogens is 4. The van der Waals surface area contributed by atoms with E-state index >= 15 is 0 Å². The first-order valence-corrected chi connectivity index (χ1v) is 6.62. The molecule has 0 aliphatic rings. The van der Waals surface area contributed by atoms with Crippen molar-refractivity contribution in [2.45, 2.75) is 6.92 Å². The molecule has 0 fully saturated rings. The Hall–Kier alpha value is -1.92. The topological polar surface area (TPSA) is 64.3 Å². The first-order valence-electron chi connectivity index (χ1n) is 6.24. The molecule has 0 unspecified atom stereocenters. The lowest BCUT2D eigenvalue weighted by Crippen LogP contribution is -2.13. The van der Waals surface area contributed by atoms with E-state index in [1.54, 1.807) is 7.11 Å². The molecule has 0 bridgehead atoms. The molecule has 1 N–H and O–H groups in total. The van der Waals surface area contributed by atoms with Gasteiger partial charge in [-0.25, -0.2) is 9.38 Å². The van der Waals surface area contributed by atoms with Gasteiger partial charge in [0.1, 0.15) is 5.82 Å². The van der Waals surface area contributed by atoms with Crippen molar-refractivity contribution in [3.8, 4) is 0 Å². The molecule has 7 heteroatoms. The van der Waals surface area contributed by atoms with Gasteiger partial charge in [-0.3, -0.25) is 0 Å². The van der Waals surface area contributed by atoms with Crippen LogP contribution in [0.4, 0.5) is 5.95 Å². The van der Waals surface area contributed by atoms with Gasteiger partial charge in [0.15, 0.2) is 5.65 Å². The van der Waals surface area contributed by atoms with E-state index in [9.17, 15) is 0 Å². The number of anilines is 1. The predicted octanol–water partition coefficient (Wildman–Crippen LogP) is 2.30. The fourth-order valence-corrected chi connectivity index (χ4v) is 2.29. The first kappa shape index (κ1) is 13.1. The van der Waals surface area contributed by atoms with Gasteiger partial charge in [-0.05, 0) is 25.1 Å². The second-order valence-electron chi connectivity index (χ2n) is 4.42. The van der Waals surface area contributed by atoms with Crippen LogP contribution in [0.3, 0.4) is 0 Å². The minimum atomic E-state index is 0.595. The van der Waals surface area contributed by atoms with Gasteiger partial charge < -0.3 is 10.1 Å². The van der Waals surface area contributed by atoms with Gasteiger partial charge in [0, 0.05) is 24.1 Å². The molecule has 1 aromatic carbocycles. The van der Waals surface area contributed by atoms with E-state index in [0.29, 0.717) is 24.1 Å². The molecule has 0 radical (unpaired) electrons. The highest BCUT2D eigenvalue weighted by Crippen LogP contribution is 2.24. The van der Waals surface area contributed by atoms with Gasteiger partial charge in [-0.1, -0.05) is 11.6 Å². The Morgan fingerprint density at radius 2 is 2.20 bits per heavy atom. The van der Waals surface area contributed by atoms with E-state index in [2.05, 4.69) is 20.5 Å². The summed E-state index contributed by atoms with van der Waals surface area (Å²) in [4.78, 5) is 4.60. The second-order valence-corrected chi connectivity index (χ2v) is 4.86. The zero-order valence-electron chi connectivity index (χ0n) is 11.2. The Kier molecular flexibility index (Phi) is 3.42. The lowest BCUT2D eigenvalue weighted by molar-refractivity contribution is 0.210. The van der Waals surface area contributed by atoms with Crippen molar-refractivity contribution in [3.63, 3.8) is 0 Å². The summed E-state index contributed by atoms with van der Waals surface area (Å²) in [6, 6.07) is 5.56. The van der Waals surface area contributed by atoms with Crippen molar-refractivity contribution in [1.82, 2.24) is 19.6 Å². The molecule has 0 saturated heterocycles. The van der Waals surface area contributed by atoms with E-state index in [4.69, 9.17) is 16.3 Å². The highest BCUT2D eigenvalue weighted by atomic mass is 35.5. The third-order valence-electron chi connectivity index (χ3n) is 3.05. The molecule has 3 rings (SSSR count). The molecule has 0 saturated carbocycles. The van der Waals surface area contributed by atoms with Crippen molar-refractivity contribution in [3.05, 3.63) is 29.0 Å². The van der Waals surface area contributed by atoms with Gasteiger partial charge in [-0.15, -0.1) is 10.2 Å². The third kappa shape index (κ3) is 2.17. The van der Waals surface area contributed by atoms with Gasteiger partial charge >= 0.3 is 0 Å². The number of hydrogen-bond acceptors (Lipinski definition) is 5. The smallest absolute Gasteiger partial charge is 0.210 e. The highest BCUT2D eigenvalue weighted by molar-refractivity contribution is 6.31. The molecule has 3 aromatic rings. The third-order valence-corrected chi connectivity index (χ3v) is 3.29. The average Bonchev–Trinajstić information content (AvgIpc) is 2.81. The van der Waals surface area contributed by atoms with Crippen LogP contribution in [0, 0.1) is 6.92 Å². The van der Waals surface area contributed by atoms with Crippen LogP contribution >= 0.6 is 11.6 Å². The van der Waals surface area contributed by atoms with Crippen molar-refractivity contribution in [1.29, 1.82) is 0 Å². The summed E-state index contributed by atoms with van der Waals surface area (Å²) >= 11 is 6.03. The van der Waals surface area contributed by atoms with Crippen molar-refractivity contribution in [2.75, 3.05) is 25.6 Å². The van der Waals surface area contributed by atoms with Gasteiger partial charge in [-0.2, -0.15) is 0 Å². The number of methoxy groups -OCH3 is 1. The maximum absolute atomic E-state index is 6.03. The Morgan fingerprint density at radius 1 is 1.35 bits per heavy atom. The lowest BCUT2D eigenvalue weighted by atomic mass is 10.2. The van der Waals surface area contributed by atoms with Crippen molar-refractivity contribution in [2.24, 2.45) is 0 Å². The van der Waals surface area contributed by atoms with Crippen LogP contribution in [-0.2, 0) is 4.74 Å². The minimum absolute atomic E-state index is 0.595. The fourth-order valence-electron chi connectivity index (χ4n) is 2.12. The van der Waals surface area contributed by atoms with Crippen molar-refractivity contribution < 1.29 is 4.74 Å². The molecule has 0 aliphatic heterocycles. The zero-order valence-corrected chi connectivity index (χ0v) is 12.0. The summed E-state index contributed by atoms with van der Waals surface area (Å²) in [5.41, 5.74) is 1.56. The quantitative estimate of drug-likeness (QED) is 0.747. The standard InChI is InChI=1S/C13H14ClN5O/c1-8-17-18-12-10-4-3-9(14)7-11(10)16-13(19(8)12)15-5-6-20-2/h3-4,7H,5-6H2,1-2H3,(H,15,16). The molecule has 104 valence electrons. The number of aryl methyl sites for hydroxylation is 1. The number of fused-ring (bicyclic) bond motifs is 3. The van der Waals surface area contributed by atoms with Crippen LogP contribution in [0.15, 0.2) is 18.2 Å². The van der Waals surface area contributed by atoms with Gasteiger partial charge in [0.25, 0.3) is 0 Å². The molecule has 0 atom stereocenters. The molecule has 0 amide bonds. The summed E-state index contributed by atoms with van der Waals surface area (Å²) in [7, 11) is 1.66. The molecule has 2 aromatic heterocycles. The van der Waals surface area contributed by atoms with Crippen LogP contribution < -0.4 is 5.32 Å². The minimum Gasteiger partial charge on any atom is -0.383 e. The number of benzene rings is 1. The molecule has 2 heterocycles. The number of nitrogens with zero attached hydrogens (tertiary/aromatic N) is 4. The summed E-state index contributed by atoms with van der Waals surface area (Å²) in [6.07, 6.45) is 0. The Labute approximate surface area is 120 Å². The number of ether oxygens (including phenoxy) is 1. The van der Waals surface area contributed by atoms with Crippen LogP contribution in [0.5, 0.6) is 0 Å². The number of nitrogens with one attached hydrogen (secondary N) is 1. The highest BCUT2D eigenvalue weighted by Gasteiger charge is 2.12. The molecular formula is C13H14ClN5O. The van der Waals surface area contributed by atoms with Crippen LogP contribution in [0.25, 0.3) is 16.6 Å². The van der Waals surface area contributed by atoms with Gasteiger partial charge in [0.2, 0.25) is 5.95 Å². The van der Waals surface area contributed by atoms with Crippen LogP contribution in [-0.4, -0.2) is 39.8 Å². The van der Waals surface area contributed by atoms with Crippen molar-refractivity contribution >= 4 is 34.1 Å². The average molecular weight is 292 g/mol. The normalized spacial score (nSPS) is 11.3. The largest absolute Gasteiger partial charge is 0.383 e. The maximum Gasteiger partial charge on any atom is 0.210 e. The fraction of sp³-hybridized carbons (Fsp3) is 0.308. The Bertz CT molecular complexity index is 770. The summed E-state index contributed by atoms with van der Waals surface area (Å²) < 4.78 is 6.94. The molecule has 0 aliphatic carbocycles. The van der Waals surface area contributed by atoms with E-state index < -0.39 is 0 Å². The van der Waals surface area contributed by atoms with E-state index in [0.717, 1.165) is 22.4 Å². The maximum atomic E-state index is 6.03. The van der Waals surface area contributed by atoms with Gasteiger partial charge in [0.05, 0.1) is 12.1 Å². The Morgan fingerprint density at radius 3 is 3.00 bits per heavy atom. The molecule has 0 spiro atoms. The molecule has 20 heavy (non-hydrogen) atoms. The summed E-state index contributed by atoms with van der Waals surface area (Å²) in [6.45, 7) is 3.14. The van der Waals surface area contributed by atoms with E-state index in [-0.39, 0.29) is 0 Å². The monoisotopic (exact) mass is 291 g/mol. The SMILES string of the molecule is COCCNc1nc2cc(Cl)ccc2c2nnc(C)n12.